The molecular formula is C11H18O. The number of ketones is 1. The molecule has 1 aliphatic rings. The average molecular weight is 166 g/mol. The van der Waals surface area contributed by atoms with Gasteiger partial charge in [-0.1, -0.05) is 38.2 Å². The SMILES string of the molecule is C/C=C\C(=O)CC1CCCCC1. The first-order valence-corrected chi connectivity index (χ1v) is 4.98. The molecule has 1 rings (SSSR count). The van der Waals surface area contributed by atoms with Crippen molar-refractivity contribution in [2.75, 3.05) is 0 Å². The molecule has 0 aromatic rings. The van der Waals surface area contributed by atoms with Crippen LogP contribution in [0.1, 0.15) is 45.4 Å². The van der Waals surface area contributed by atoms with E-state index in [9.17, 15) is 4.79 Å². The van der Waals surface area contributed by atoms with E-state index in [1.807, 2.05) is 13.0 Å². The summed E-state index contributed by atoms with van der Waals surface area (Å²) in [5, 5.41) is 0. The largest absolute Gasteiger partial charge is 0.295 e. The van der Waals surface area contributed by atoms with Crippen molar-refractivity contribution in [2.45, 2.75) is 45.4 Å². The first kappa shape index (κ1) is 9.50. The van der Waals surface area contributed by atoms with Gasteiger partial charge in [-0.25, -0.2) is 0 Å². The lowest BCUT2D eigenvalue weighted by molar-refractivity contribution is -0.115. The number of hydrogen-bond acceptors (Lipinski definition) is 1. The highest BCUT2D eigenvalue weighted by atomic mass is 16.1. The zero-order chi connectivity index (χ0) is 8.81. The van der Waals surface area contributed by atoms with Gasteiger partial charge in [-0.05, 0) is 18.9 Å². The Kier molecular flexibility index (Phi) is 4.06. The van der Waals surface area contributed by atoms with E-state index in [2.05, 4.69) is 0 Å². The Hall–Kier alpha value is -0.590. The first-order valence-electron chi connectivity index (χ1n) is 4.98. The number of allylic oxidation sites excluding steroid dienone is 2. The summed E-state index contributed by atoms with van der Waals surface area (Å²) in [6.07, 6.45) is 10.9. The quantitative estimate of drug-likeness (QED) is 0.589. The van der Waals surface area contributed by atoms with Crippen LogP contribution < -0.4 is 0 Å². The average Bonchev–Trinajstić information content (AvgIpc) is 2.06. The lowest BCUT2D eigenvalue weighted by atomic mass is 9.86. The highest BCUT2D eigenvalue weighted by Gasteiger charge is 2.15. The van der Waals surface area contributed by atoms with Crippen LogP contribution in [0.3, 0.4) is 0 Å². The maximum Gasteiger partial charge on any atom is 0.155 e. The van der Waals surface area contributed by atoms with Crippen molar-refractivity contribution in [3.8, 4) is 0 Å². The van der Waals surface area contributed by atoms with Crippen LogP contribution in [0, 0.1) is 5.92 Å². The Morgan fingerprint density at radius 2 is 2.00 bits per heavy atom. The second-order valence-electron chi connectivity index (χ2n) is 3.67. The van der Waals surface area contributed by atoms with Crippen LogP contribution in [0.25, 0.3) is 0 Å². The summed E-state index contributed by atoms with van der Waals surface area (Å²) in [4.78, 5) is 11.2. The highest BCUT2D eigenvalue weighted by Crippen LogP contribution is 2.26. The van der Waals surface area contributed by atoms with Crippen molar-refractivity contribution in [1.82, 2.24) is 0 Å². The molecule has 0 radical (unpaired) electrons. The Balaban J connectivity index is 2.24. The maximum atomic E-state index is 11.2. The second kappa shape index (κ2) is 5.13. The smallest absolute Gasteiger partial charge is 0.155 e. The molecule has 12 heavy (non-hydrogen) atoms. The van der Waals surface area contributed by atoms with Gasteiger partial charge in [0.1, 0.15) is 0 Å². The van der Waals surface area contributed by atoms with E-state index < -0.39 is 0 Å². The molecule has 0 aromatic heterocycles. The fourth-order valence-electron chi connectivity index (χ4n) is 1.93. The van der Waals surface area contributed by atoms with Crippen LogP contribution in [0.4, 0.5) is 0 Å². The summed E-state index contributed by atoms with van der Waals surface area (Å²) >= 11 is 0. The molecular weight excluding hydrogens is 148 g/mol. The van der Waals surface area contributed by atoms with Crippen molar-refractivity contribution in [3.63, 3.8) is 0 Å². The molecule has 1 heteroatoms. The molecule has 0 N–H and O–H groups in total. The molecule has 1 saturated carbocycles. The molecule has 0 unspecified atom stereocenters. The van der Waals surface area contributed by atoms with Gasteiger partial charge in [0.15, 0.2) is 5.78 Å². The molecule has 68 valence electrons. The minimum atomic E-state index is 0.310. The predicted octanol–water partition coefficient (Wildman–Crippen LogP) is 3.10. The van der Waals surface area contributed by atoms with Crippen LogP contribution in [-0.4, -0.2) is 5.78 Å². The number of rotatable bonds is 3. The van der Waals surface area contributed by atoms with E-state index >= 15 is 0 Å². The van der Waals surface area contributed by atoms with Crippen molar-refractivity contribution in [1.29, 1.82) is 0 Å². The van der Waals surface area contributed by atoms with Crippen LogP contribution in [0.2, 0.25) is 0 Å². The zero-order valence-electron chi connectivity index (χ0n) is 7.88. The second-order valence-corrected chi connectivity index (χ2v) is 3.67. The molecule has 0 heterocycles. The number of carbonyl (C=O) groups is 1. The molecule has 0 aromatic carbocycles. The third-order valence-corrected chi connectivity index (χ3v) is 2.57. The van der Waals surface area contributed by atoms with Gasteiger partial charge in [0.05, 0.1) is 0 Å². The molecule has 0 aliphatic heterocycles. The Morgan fingerprint density at radius 3 is 2.58 bits per heavy atom. The summed E-state index contributed by atoms with van der Waals surface area (Å²) in [6.45, 7) is 1.90. The molecule has 1 nitrogen and oxygen atoms in total. The predicted molar refractivity (Wildman–Crippen MR) is 51.0 cm³/mol. The van der Waals surface area contributed by atoms with Crippen molar-refractivity contribution >= 4 is 5.78 Å². The minimum Gasteiger partial charge on any atom is -0.295 e. The normalized spacial score (nSPS) is 20.1. The van der Waals surface area contributed by atoms with Gasteiger partial charge < -0.3 is 0 Å². The maximum absolute atomic E-state index is 11.2. The van der Waals surface area contributed by atoms with Gasteiger partial charge in [-0.2, -0.15) is 0 Å². The van der Waals surface area contributed by atoms with E-state index in [4.69, 9.17) is 0 Å². The van der Waals surface area contributed by atoms with Crippen LogP contribution in [-0.2, 0) is 4.79 Å². The topological polar surface area (TPSA) is 17.1 Å². The fourth-order valence-corrected chi connectivity index (χ4v) is 1.93. The summed E-state index contributed by atoms with van der Waals surface area (Å²) in [7, 11) is 0. The summed E-state index contributed by atoms with van der Waals surface area (Å²) in [5.74, 6) is 0.992. The fraction of sp³-hybridized carbons (Fsp3) is 0.727. The van der Waals surface area contributed by atoms with Gasteiger partial charge in [-0.15, -0.1) is 0 Å². The van der Waals surface area contributed by atoms with E-state index in [1.165, 1.54) is 32.1 Å². The Bertz CT molecular complexity index is 164. The standard InChI is InChI=1S/C11H18O/c1-2-6-11(12)9-10-7-4-3-5-8-10/h2,6,10H,3-5,7-9H2,1H3/b6-2-. The van der Waals surface area contributed by atoms with E-state index in [0.717, 1.165) is 6.42 Å². The van der Waals surface area contributed by atoms with E-state index in [1.54, 1.807) is 6.08 Å². The molecule has 0 atom stereocenters. The van der Waals surface area contributed by atoms with Gasteiger partial charge >= 0.3 is 0 Å². The first-order chi connectivity index (χ1) is 5.83. The minimum absolute atomic E-state index is 0.310. The highest BCUT2D eigenvalue weighted by molar-refractivity contribution is 5.89. The zero-order valence-corrected chi connectivity index (χ0v) is 7.88. The van der Waals surface area contributed by atoms with E-state index in [0.29, 0.717) is 11.7 Å². The monoisotopic (exact) mass is 166 g/mol. The van der Waals surface area contributed by atoms with E-state index in [-0.39, 0.29) is 0 Å². The molecule has 0 saturated heterocycles. The summed E-state index contributed by atoms with van der Waals surface area (Å²) < 4.78 is 0. The van der Waals surface area contributed by atoms with Crippen molar-refractivity contribution in [3.05, 3.63) is 12.2 Å². The summed E-state index contributed by atoms with van der Waals surface area (Å²) in [5.41, 5.74) is 0. The van der Waals surface area contributed by atoms with Crippen molar-refractivity contribution in [2.24, 2.45) is 5.92 Å². The van der Waals surface area contributed by atoms with Crippen LogP contribution in [0.5, 0.6) is 0 Å². The Morgan fingerprint density at radius 1 is 1.33 bits per heavy atom. The third-order valence-electron chi connectivity index (χ3n) is 2.57. The number of carbonyl (C=O) groups excluding carboxylic acids is 1. The molecule has 0 spiro atoms. The molecule has 1 fully saturated rings. The third kappa shape index (κ3) is 3.21. The Labute approximate surface area is 74.9 Å². The lowest BCUT2D eigenvalue weighted by Gasteiger charge is -2.19. The molecule has 0 bridgehead atoms. The van der Waals surface area contributed by atoms with Crippen molar-refractivity contribution < 1.29 is 4.79 Å². The molecule has 0 amide bonds. The van der Waals surface area contributed by atoms with Gasteiger partial charge in [-0.3, -0.25) is 4.79 Å². The van der Waals surface area contributed by atoms with Gasteiger partial charge in [0.25, 0.3) is 0 Å². The lowest BCUT2D eigenvalue weighted by Crippen LogP contribution is -2.10. The van der Waals surface area contributed by atoms with Crippen LogP contribution in [0.15, 0.2) is 12.2 Å². The summed E-state index contributed by atoms with van der Waals surface area (Å²) in [6, 6.07) is 0. The number of hydrogen-bond donors (Lipinski definition) is 0. The molecule has 1 aliphatic carbocycles. The van der Waals surface area contributed by atoms with Crippen LogP contribution >= 0.6 is 0 Å². The van der Waals surface area contributed by atoms with Gasteiger partial charge in [0, 0.05) is 6.42 Å². The van der Waals surface area contributed by atoms with Gasteiger partial charge in [0.2, 0.25) is 0 Å².